The van der Waals surface area contributed by atoms with E-state index in [9.17, 15) is 4.79 Å². The first kappa shape index (κ1) is 24.0. The number of carbonyl (C=O) groups is 1. The molecule has 1 fully saturated rings. The van der Waals surface area contributed by atoms with Gasteiger partial charge in [0.1, 0.15) is 12.1 Å². The maximum absolute atomic E-state index is 15.4. The molecule has 1 N–H and O–H groups in total. The zero-order valence-corrected chi connectivity index (χ0v) is 20.5. The van der Waals surface area contributed by atoms with Gasteiger partial charge in [-0.3, -0.25) is 9.69 Å². The summed E-state index contributed by atoms with van der Waals surface area (Å²) in [5.74, 6) is 0.421. The topological polar surface area (TPSA) is 88.9 Å². The molecule has 1 saturated heterocycles. The molecule has 7 nitrogen and oxygen atoms in total. The molecule has 3 aromatic rings. The molecule has 2 unspecified atom stereocenters. The normalized spacial score (nSPS) is 18.3. The van der Waals surface area contributed by atoms with E-state index in [2.05, 4.69) is 44.7 Å². The second-order valence-electron chi connectivity index (χ2n) is 8.64. The Morgan fingerprint density at radius 2 is 2.26 bits per heavy atom. The number of nitrogens with zero attached hydrogens (tertiary/aromatic N) is 5. The quantitative estimate of drug-likeness (QED) is 0.374. The number of imidazole rings is 1. The van der Waals surface area contributed by atoms with Crippen molar-refractivity contribution in [3.63, 3.8) is 0 Å². The Morgan fingerprint density at radius 1 is 1.44 bits per heavy atom. The van der Waals surface area contributed by atoms with Crippen LogP contribution in [0.25, 0.3) is 15.9 Å². The van der Waals surface area contributed by atoms with Crippen LogP contribution in [0.15, 0.2) is 24.4 Å². The third-order valence-electron chi connectivity index (χ3n) is 6.44. The zero-order valence-electron chi connectivity index (χ0n) is 19.7. The van der Waals surface area contributed by atoms with Crippen molar-refractivity contribution >= 4 is 33.5 Å². The summed E-state index contributed by atoms with van der Waals surface area (Å²) in [6.07, 6.45) is 6.11. The van der Waals surface area contributed by atoms with Gasteiger partial charge in [-0.1, -0.05) is 19.4 Å². The number of halogens is 1. The van der Waals surface area contributed by atoms with Gasteiger partial charge in [0.15, 0.2) is 5.82 Å². The second kappa shape index (κ2) is 10.5. The molecule has 0 spiro atoms. The Kier molecular flexibility index (Phi) is 7.39. The fraction of sp³-hybridized carbons (Fsp3) is 0.440. The molecular formula is C25H29FN6OS. The SMILES string of the molecule is CCCC1CN(C(C)c2ccc3nc(C)sc3c2F)CCN1/C(=C/C=O)c1ncc(CC#N)[nH]1. The zero-order chi connectivity index (χ0) is 24.2. The number of nitriles is 1. The Morgan fingerprint density at radius 3 is 3.00 bits per heavy atom. The van der Waals surface area contributed by atoms with Gasteiger partial charge in [-0.05, 0) is 26.3 Å². The van der Waals surface area contributed by atoms with Crippen molar-refractivity contribution in [2.45, 2.75) is 52.1 Å². The molecule has 0 amide bonds. The first-order chi connectivity index (χ1) is 16.5. The minimum Gasteiger partial charge on any atom is -0.363 e. The van der Waals surface area contributed by atoms with Crippen LogP contribution < -0.4 is 0 Å². The molecule has 2 aromatic heterocycles. The van der Waals surface area contributed by atoms with E-state index >= 15 is 4.39 Å². The first-order valence-corrected chi connectivity index (χ1v) is 12.4. The monoisotopic (exact) mass is 480 g/mol. The van der Waals surface area contributed by atoms with Gasteiger partial charge in [-0.15, -0.1) is 11.3 Å². The smallest absolute Gasteiger partial charge is 0.154 e. The van der Waals surface area contributed by atoms with Crippen LogP contribution in [0.5, 0.6) is 0 Å². The van der Waals surface area contributed by atoms with Crippen molar-refractivity contribution in [3.05, 3.63) is 52.3 Å². The highest BCUT2D eigenvalue weighted by Gasteiger charge is 2.32. The number of nitrogens with one attached hydrogen (secondary N) is 1. The lowest BCUT2D eigenvalue weighted by atomic mass is 10.0. The van der Waals surface area contributed by atoms with Crippen molar-refractivity contribution in [2.75, 3.05) is 19.6 Å². The average Bonchev–Trinajstić information content (AvgIpc) is 3.44. The van der Waals surface area contributed by atoms with E-state index in [0.29, 0.717) is 28.1 Å². The molecule has 4 rings (SSSR count). The fourth-order valence-corrected chi connectivity index (χ4v) is 5.64. The van der Waals surface area contributed by atoms with E-state index in [1.807, 2.05) is 19.1 Å². The predicted molar refractivity (Wildman–Crippen MR) is 132 cm³/mol. The molecule has 0 saturated carbocycles. The average molecular weight is 481 g/mol. The number of H-pyrrole nitrogens is 1. The molecule has 34 heavy (non-hydrogen) atoms. The van der Waals surface area contributed by atoms with Gasteiger partial charge < -0.3 is 9.88 Å². The van der Waals surface area contributed by atoms with Gasteiger partial charge >= 0.3 is 0 Å². The number of aryl methyl sites for hydroxylation is 1. The lowest BCUT2D eigenvalue weighted by molar-refractivity contribution is -0.104. The summed E-state index contributed by atoms with van der Waals surface area (Å²) in [5, 5.41) is 9.83. The second-order valence-corrected chi connectivity index (χ2v) is 9.84. The number of aromatic nitrogens is 3. The third-order valence-corrected chi connectivity index (χ3v) is 7.42. The van der Waals surface area contributed by atoms with Crippen LogP contribution in [-0.2, 0) is 11.2 Å². The number of benzene rings is 1. The van der Waals surface area contributed by atoms with Crippen molar-refractivity contribution in [1.29, 1.82) is 5.26 Å². The Bertz CT molecular complexity index is 1240. The van der Waals surface area contributed by atoms with Crippen molar-refractivity contribution < 1.29 is 9.18 Å². The molecule has 9 heteroatoms. The maximum atomic E-state index is 15.4. The van der Waals surface area contributed by atoms with Crippen LogP contribution >= 0.6 is 11.3 Å². The number of thiazole rings is 1. The summed E-state index contributed by atoms with van der Waals surface area (Å²) in [6.45, 7) is 8.25. The molecule has 0 radical (unpaired) electrons. The van der Waals surface area contributed by atoms with Crippen LogP contribution in [0.4, 0.5) is 4.39 Å². The largest absolute Gasteiger partial charge is 0.363 e. The van der Waals surface area contributed by atoms with Gasteiger partial charge in [0.25, 0.3) is 0 Å². The molecule has 0 bridgehead atoms. The summed E-state index contributed by atoms with van der Waals surface area (Å²) in [4.78, 5) is 28.0. The third kappa shape index (κ3) is 4.74. The van der Waals surface area contributed by atoms with Crippen LogP contribution in [0, 0.1) is 24.1 Å². The Balaban J connectivity index is 1.58. The standard InChI is InChI=1S/C25H29FN6OS/c1-4-5-19-15-31(16(2)20-6-7-21-24(23(20)26)34-17(3)29-21)11-12-32(19)22(9-13-33)25-28-14-18(30-25)8-10-27/h6-7,9,13-14,16,19H,4-5,8,11-12,15H2,1-3H3,(H,28,30)/b22-9+. The van der Waals surface area contributed by atoms with Gasteiger partial charge in [0.05, 0.1) is 33.4 Å². The number of rotatable bonds is 8. The Hall–Kier alpha value is -3.09. The number of aromatic amines is 1. The van der Waals surface area contributed by atoms with Gasteiger partial charge in [0, 0.05) is 55.2 Å². The summed E-state index contributed by atoms with van der Waals surface area (Å²) < 4.78 is 16.0. The Labute approximate surface area is 202 Å². The first-order valence-electron chi connectivity index (χ1n) is 11.6. The molecule has 1 aromatic carbocycles. The van der Waals surface area contributed by atoms with E-state index in [1.165, 1.54) is 17.4 Å². The van der Waals surface area contributed by atoms with E-state index in [1.54, 1.807) is 6.20 Å². The minimum atomic E-state index is -0.174. The van der Waals surface area contributed by atoms with Crippen molar-refractivity contribution in [1.82, 2.24) is 24.8 Å². The molecule has 0 aliphatic carbocycles. The van der Waals surface area contributed by atoms with E-state index in [0.717, 1.165) is 48.6 Å². The number of aldehydes is 1. The number of allylic oxidation sites excluding steroid dienone is 1. The van der Waals surface area contributed by atoms with E-state index in [4.69, 9.17) is 5.26 Å². The molecule has 178 valence electrons. The lowest BCUT2D eigenvalue weighted by Gasteiger charge is -2.45. The number of carbonyl (C=O) groups excluding carboxylic acids is 1. The number of hydrogen-bond acceptors (Lipinski definition) is 7. The van der Waals surface area contributed by atoms with Crippen LogP contribution in [-0.4, -0.2) is 56.7 Å². The van der Waals surface area contributed by atoms with Crippen LogP contribution in [0.3, 0.4) is 0 Å². The fourth-order valence-electron chi connectivity index (χ4n) is 4.77. The van der Waals surface area contributed by atoms with Crippen LogP contribution in [0.1, 0.15) is 54.8 Å². The molecule has 2 atom stereocenters. The van der Waals surface area contributed by atoms with Gasteiger partial charge in [-0.25, -0.2) is 14.4 Å². The number of fused-ring (bicyclic) bond motifs is 1. The van der Waals surface area contributed by atoms with Crippen molar-refractivity contribution in [2.24, 2.45) is 0 Å². The summed E-state index contributed by atoms with van der Waals surface area (Å²) in [6, 6.07) is 5.95. The highest BCUT2D eigenvalue weighted by Crippen LogP contribution is 2.34. The van der Waals surface area contributed by atoms with Gasteiger partial charge in [-0.2, -0.15) is 5.26 Å². The molecule has 3 heterocycles. The highest BCUT2D eigenvalue weighted by molar-refractivity contribution is 7.18. The van der Waals surface area contributed by atoms with E-state index < -0.39 is 0 Å². The maximum Gasteiger partial charge on any atom is 0.154 e. The predicted octanol–water partition coefficient (Wildman–Crippen LogP) is 4.62. The summed E-state index contributed by atoms with van der Waals surface area (Å²) in [7, 11) is 0. The minimum absolute atomic E-state index is 0.0855. The number of piperazine rings is 1. The number of hydrogen-bond donors (Lipinski definition) is 1. The highest BCUT2D eigenvalue weighted by atomic mass is 32.1. The summed E-state index contributed by atoms with van der Waals surface area (Å²) in [5.41, 5.74) is 2.86. The van der Waals surface area contributed by atoms with Crippen molar-refractivity contribution in [3.8, 4) is 6.07 Å². The van der Waals surface area contributed by atoms with Crippen LogP contribution in [0.2, 0.25) is 0 Å². The molecule has 1 aliphatic rings. The lowest BCUT2D eigenvalue weighted by Crippen LogP contribution is -2.52. The summed E-state index contributed by atoms with van der Waals surface area (Å²) >= 11 is 1.39. The van der Waals surface area contributed by atoms with Gasteiger partial charge in [0.2, 0.25) is 0 Å². The molecule has 1 aliphatic heterocycles. The van der Waals surface area contributed by atoms with E-state index in [-0.39, 0.29) is 24.3 Å². The molecular weight excluding hydrogens is 451 g/mol.